The van der Waals surface area contributed by atoms with E-state index < -0.39 is 0 Å². The molecule has 3 nitrogen and oxygen atoms in total. The van der Waals surface area contributed by atoms with E-state index in [1.807, 2.05) is 31.7 Å². The van der Waals surface area contributed by atoms with Crippen LogP contribution in [0.5, 0.6) is 0 Å². The van der Waals surface area contributed by atoms with Gasteiger partial charge in [0.2, 0.25) is 0 Å². The summed E-state index contributed by atoms with van der Waals surface area (Å²) >= 11 is 1.98. The van der Waals surface area contributed by atoms with Crippen LogP contribution in [-0.4, -0.2) is 23.4 Å². The molecule has 0 saturated carbocycles. The molecule has 1 heterocycles. The summed E-state index contributed by atoms with van der Waals surface area (Å²) in [6.45, 7) is 6.74. The number of benzene rings is 2. The van der Waals surface area contributed by atoms with Gasteiger partial charge in [-0.3, -0.25) is 4.84 Å². The third kappa shape index (κ3) is 6.29. The number of thioether (sulfide) groups is 1. The first kappa shape index (κ1) is 21.3. The van der Waals surface area contributed by atoms with Crippen molar-refractivity contribution < 1.29 is 4.84 Å². The molecule has 0 spiro atoms. The van der Waals surface area contributed by atoms with Crippen molar-refractivity contribution >= 4 is 24.2 Å². The molecule has 0 aromatic heterocycles. The maximum Gasteiger partial charge on any atom is 0.0935 e. The predicted molar refractivity (Wildman–Crippen MR) is 113 cm³/mol. The molecule has 0 radical (unpaired) electrons. The highest BCUT2D eigenvalue weighted by molar-refractivity contribution is 8.00. The third-order valence-electron chi connectivity index (χ3n) is 4.56. The van der Waals surface area contributed by atoms with Crippen molar-refractivity contribution in [1.29, 1.82) is 0 Å². The summed E-state index contributed by atoms with van der Waals surface area (Å²) in [4.78, 5) is 7.26. The molecule has 1 aliphatic rings. The molecule has 0 unspecified atom stereocenters. The number of piperidine rings is 1. The van der Waals surface area contributed by atoms with Gasteiger partial charge in [0.25, 0.3) is 0 Å². The second kappa shape index (κ2) is 9.77. The fraction of sp³-hybridized carbons (Fsp3) is 0.429. The minimum Gasteiger partial charge on any atom is -0.322 e. The number of halogens is 1. The minimum absolute atomic E-state index is 0. The topological polar surface area (TPSA) is 38.5 Å². The van der Waals surface area contributed by atoms with Crippen LogP contribution in [0.15, 0.2) is 59.5 Å². The van der Waals surface area contributed by atoms with Crippen molar-refractivity contribution in [2.75, 3.05) is 13.1 Å². The van der Waals surface area contributed by atoms with Gasteiger partial charge in [0, 0.05) is 28.8 Å². The molecule has 1 fully saturated rings. The fourth-order valence-corrected chi connectivity index (χ4v) is 4.10. The molecule has 5 heteroatoms. The molecule has 142 valence electrons. The summed E-state index contributed by atoms with van der Waals surface area (Å²) in [5, 5.41) is 2.78. The molecule has 2 aromatic carbocycles. The minimum atomic E-state index is -0.273. The summed E-state index contributed by atoms with van der Waals surface area (Å²) in [5.41, 5.74) is 8.28. The zero-order chi connectivity index (χ0) is 17.7. The van der Waals surface area contributed by atoms with Crippen LogP contribution in [0.4, 0.5) is 0 Å². The summed E-state index contributed by atoms with van der Waals surface area (Å²) in [6.07, 6.45) is 2.31. The zero-order valence-corrected chi connectivity index (χ0v) is 17.2. The normalized spacial score (nSPS) is 16.3. The summed E-state index contributed by atoms with van der Waals surface area (Å²) in [7, 11) is 0. The van der Waals surface area contributed by atoms with Gasteiger partial charge in [-0.25, -0.2) is 0 Å². The first-order chi connectivity index (χ1) is 12.0. The van der Waals surface area contributed by atoms with E-state index in [1.165, 1.54) is 16.0 Å². The smallest absolute Gasteiger partial charge is 0.0935 e. The van der Waals surface area contributed by atoms with Gasteiger partial charge in [-0.1, -0.05) is 42.5 Å². The second-order valence-electron chi connectivity index (χ2n) is 7.25. The Morgan fingerprint density at radius 2 is 1.65 bits per heavy atom. The second-order valence-corrected chi connectivity index (χ2v) is 8.63. The summed E-state index contributed by atoms with van der Waals surface area (Å²) < 4.78 is 0. The number of rotatable bonds is 6. The van der Waals surface area contributed by atoms with Crippen LogP contribution in [-0.2, 0) is 17.0 Å². The van der Waals surface area contributed by atoms with Crippen LogP contribution in [0.3, 0.4) is 0 Å². The van der Waals surface area contributed by atoms with Crippen LogP contribution in [0.2, 0.25) is 0 Å². The lowest BCUT2D eigenvalue weighted by Crippen LogP contribution is -2.34. The van der Waals surface area contributed by atoms with Crippen LogP contribution in [0, 0.1) is 0 Å². The fourth-order valence-electron chi connectivity index (χ4n) is 2.97. The summed E-state index contributed by atoms with van der Waals surface area (Å²) in [5.74, 6) is 0. The molecule has 1 aliphatic heterocycles. The molecule has 0 bridgehead atoms. The van der Waals surface area contributed by atoms with Crippen LogP contribution < -0.4 is 5.73 Å². The Morgan fingerprint density at radius 1 is 1.04 bits per heavy atom. The molecular formula is C21H29ClN2OS. The predicted octanol–water partition coefficient (Wildman–Crippen LogP) is 4.99. The van der Waals surface area contributed by atoms with Gasteiger partial charge in [-0.2, -0.15) is 5.06 Å². The standard InChI is InChI=1S/C21H28N2OS.ClH/c1-21(2,22)18-8-10-19(11-9-18)25-20-12-14-23(15-13-20)24-16-17-6-4-3-5-7-17;/h3-11,20H,12-16,22H2,1-2H3;1H. The molecule has 3 rings (SSSR count). The highest BCUT2D eigenvalue weighted by Crippen LogP contribution is 2.31. The average Bonchev–Trinajstić information content (AvgIpc) is 2.62. The molecule has 0 aliphatic carbocycles. The van der Waals surface area contributed by atoms with Crippen molar-refractivity contribution in [3.63, 3.8) is 0 Å². The first-order valence-electron chi connectivity index (χ1n) is 8.98. The van der Waals surface area contributed by atoms with E-state index in [9.17, 15) is 0 Å². The maximum absolute atomic E-state index is 6.15. The van der Waals surface area contributed by atoms with Gasteiger partial charge in [0.15, 0.2) is 0 Å². The van der Waals surface area contributed by atoms with E-state index in [0.29, 0.717) is 11.9 Å². The Kier molecular flexibility index (Phi) is 7.99. The van der Waals surface area contributed by atoms with Crippen LogP contribution >= 0.6 is 24.2 Å². The van der Waals surface area contributed by atoms with E-state index in [1.54, 1.807) is 0 Å². The molecular weight excluding hydrogens is 364 g/mol. The van der Waals surface area contributed by atoms with Crippen molar-refractivity contribution in [3.8, 4) is 0 Å². The molecule has 26 heavy (non-hydrogen) atoms. The number of hydrogen-bond acceptors (Lipinski definition) is 4. The van der Waals surface area contributed by atoms with Gasteiger partial charge in [-0.15, -0.1) is 24.2 Å². The van der Waals surface area contributed by atoms with E-state index in [2.05, 4.69) is 53.6 Å². The first-order valence-corrected chi connectivity index (χ1v) is 9.86. The van der Waals surface area contributed by atoms with Gasteiger partial charge < -0.3 is 5.73 Å². The van der Waals surface area contributed by atoms with Gasteiger partial charge in [-0.05, 0) is 49.9 Å². The van der Waals surface area contributed by atoms with Gasteiger partial charge in [0.1, 0.15) is 0 Å². The quantitative estimate of drug-likeness (QED) is 0.751. The Bertz CT molecular complexity index is 650. The summed E-state index contributed by atoms with van der Waals surface area (Å²) in [6, 6.07) is 19.1. The molecule has 1 saturated heterocycles. The van der Waals surface area contributed by atoms with Crippen LogP contribution in [0.25, 0.3) is 0 Å². The van der Waals surface area contributed by atoms with Gasteiger partial charge >= 0.3 is 0 Å². The maximum atomic E-state index is 6.15. The van der Waals surface area contributed by atoms with Crippen molar-refractivity contribution in [3.05, 3.63) is 65.7 Å². The Balaban J connectivity index is 0.00000243. The molecule has 0 amide bonds. The molecule has 2 N–H and O–H groups in total. The number of hydrogen-bond donors (Lipinski definition) is 1. The van der Waals surface area contributed by atoms with Crippen LogP contribution in [0.1, 0.15) is 37.8 Å². The third-order valence-corrected chi connectivity index (χ3v) is 5.91. The highest BCUT2D eigenvalue weighted by Gasteiger charge is 2.21. The zero-order valence-electron chi connectivity index (χ0n) is 15.6. The highest BCUT2D eigenvalue weighted by atomic mass is 35.5. The number of nitrogens with two attached hydrogens (primary N) is 1. The number of nitrogens with zero attached hydrogens (tertiary/aromatic N) is 1. The lowest BCUT2D eigenvalue weighted by atomic mass is 9.96. The van der Waals surface area contributed by atoms with E-state index >= 15 is 0 Å². The molecule has 2 aromatic rings. The van der Waals surface area contributed by atoms with Crippen molar-refractivity contribution in [2.24, 2.45) is 5.73 Å². The average molecular weight is 393 g/mol. The van der Waals surface area contributed by atoms with E-state index in [-0.39, 0.29) is 17.9 Å². The lowest BCUT2D eigenvalue weighted by molar-refractivity contribution is -0.177. The molecule has 0 atom stereocenters. The van der Waals surface area contributed by atoms with Crippen molar-refractivity contribution in [1.82, 2.24) is 5.06 Å². The Hall–Kier alpha value is -1.04. The Morgan fingerprint density at radius 3 is 2.23 bits per heavy atom. The Labute approximate surface area is 167 Å². The largest absolute Gasteiger partial charge is 0.322 e. The lowest BCUT2D eigenvalue weighted by Gasteiger charge is -2.30. The van der Waals surface area contributed by atoms with Gasteiger partial charge in [0.05, 0.1) is 6.61 Å². The van der Waals surface area contributed by atoms with E-state index in [0.717, 1.165) is 25.9 Å². The van der Waals surface area contributed by atoms with Crippen molar-refractivity contribution in [2.45, 2.75) is 49.0 Å². The monoisotopic (exact) mass is 392 g/mol. The van der Waals surface area contributed by atoms with E-state index in [4.69, 9.17) is 10.6 Å². The SMILES string of the molecule is CC(C)(N)c1ccc(SC2CCN(OCc3ccccc3)CC2)cc1.Cl. The number of hydroxylamine groups is 2.